The number of alkyl halides is 3. The van der Waals surface area contributed by atoms with Gasteiger partial charge in [0, 0.05) is 17.0 Å². The smallest absolute Gasteiger partial charge is 0.406 e. The van der Waals surface area contributed by atoms with E-state index in [1.807, 2.05) is 13.8 Å². The van der Waals surface area contributed by atoms with Gasteiger partial charge in [0.15, 0.2) is 5.16 Å². The Morgan fingerprint density at radius 3 is 2.36 bits per heavy atom. The Labute approximate surface area is 129 Å². The van der Waals surface area contributed by atoms with Crippen LogP contribution < -0.4 is 10.5 Å². The predicted molar refractivity (Wildman–Crippen MR) is 78.6 cm³/mol. The fraction of sp³-hybridized carbons (Fsp3) is 0.286. The molecule has 118 valence electrons. The van der Waals surface area contributed by atoms with Gasteiger partial charge in [0.1, 0.15) is 11.6 Å². The molecular formula is C14H14F3N3OS. The SMILES string of the molecule is Cc1cc(N)nc(S[C@@H](C)c2ccc(OC(F)(F)F)cc2)n1. The second kappa shape index (κ2) is 6.43. The number of nitrogens with zero attached hydrogens (tertiary/aromatic N) is 2. The van der Waals surface area contributed by atoms with Crippen molar-refractivity contribution in [3.8, 4) is 5.75 Å². The normalized spacial score (nSPS) is 13.0. The van der Waals surface area contributed by atoms with Crippen LogP contribution >= 0.6 is 11.8 Å². The molecule has 2 rings (SSSR count). The molecule has 4 nitrogen and oxygen atoms in total. The number of nitrogen functional groups attached to an aromatic ring is 1. The zero-order valence-corrected chi connectivity index (χ0v) is 12.7. The molecule has 8 heteroatoms. The number of anilines is 1. The quantitative estimate of drug-likeness (QED) is 0.675. The number of benzene rings is 1. The zero-order chi connectivity index (χ0) is 16.3. The van der Waals surface area contributed by atoms with Crippen LogP contribution in [0.2, 0.25) is 0 Å². The summed E-state index contributed by atoms with van der Waals surface area (Å²) in [6.45, 7) is 3.72. The first-order valence-electron chi connectivity index (χ1n) is 6.36. The third-order valence-corrected chi connectivity index (χ3v) is 3.74. The van der Waals surface area contributed by atoms with Crippen molar-refractivity contribution < 1.29 is 17.9 Å². The number of thioether (sulfide) groups is 1. The van der Waals surface area contributed by atoms with Gasteiger partial charge in [-0.15, -0.1) is 13.2 Å². The van der Waals surface area contributed by atoms with Gasteiger partial charge in [-0.25, -0.2) is 9.97 Å². The van der Waals surface area contributed by atoms with Crippen LogP contribution in [0.1, 0.15) is 23.4 Å². The molecule has 1 atom stereocenters. The summed E-state index contributed by atoms with van der Waals surface area (Å²) < 4.78 is 40.2. The molecule has 0 amide bonds. The van der Waals surface area contributed by atoms with Crippen molar-refractivity contribution in [3.05, 3.63) is 41.6 Å². The van der Waals surface area contributed by atoms with Crippen molar-refractivity contribution in [2.75, 3.05) is 5.73 Å². The fourth-order valence-corrected chi connectivity index (χ4v) is 2.75. The van der Waals surface area contributed by atoms with Crippen LogP contribution in [-0.4, -0.2) is 16.3 Å². The molecule has 0 saturated heterocycles. The second-order valence-corrected chi connectivity index (χ2v) is 5.90. The molecule has 22 heavy (non-hydrogen) atoms. The van der Waals surface area contributed by atoms with Crippen molar-refractivity contribution in [3.63, 3.8) is 0 Å². The minimum Gasteiger partial charge on any atom is -0.406 e. The first-order valence-corrected chi connectivity index (χ1v) is 7.24. The van der Waals surface area contributed by atoms with E-state index >= 15 is 0 Å². The molecule has 0 spiro atoms. The van der Waals surface area contributed by atoms with E-state index in [1.54, 1.807) is 18.2 Å². The lowest BCUT2D eigenvalue weighted by Crippen LogP contribution is -2.17. The highest BCUT2D eigenvalue weighted by Crippen LogP contribution is 2.34. The van der Waals surface area contributed by atoms with Gasteiger partial charge in [-0.3, -0.25) is 0 Å². The lowest BCUT2D eigenvalue weighted by atomic mass is 10.2. The molecule has 0 fully saturated rings. The summed E-state index contributed by atoms with van der Waals surface area (Å²) in [7, 11) is 0. The van der Waals surface area contributed by atoms with Gasteiger partial charge in [0.05, 0.1) is 0 Å². The molecular weight excluding hydrogens is 315 g/mol. The highest BCUT2D eigenvalue weighted by molar-refractivity contribution is 7.99. The van der Waals surface area contributed by atoms with E-state index in [0.29, 0.717) is 11.0 Å². The van der Waals surface area contributed by atoms with Gasteiger partial charge in [0.2, 0.25) is 0 Å². The molecule has 0 saturated carbocycles. The average Bonchev–Trinajstić information content (AvgIpc) is 2.36. The van der Waals surface area contributed by atoms with E-state index in [4.69, 9.17) is 5.73 Å². The Hall–Kier alpha value is -1.96. The van der Waals surface area contributed by atoms with E-state index in [9.17, 15) is 13.2 Å². The molecule has 1 aromatic heterocycles. The van der Waals surface area contributed by atoms with Crippen LogP contribution in [0.5, 0.6) is 5.75 Å². The molecule has 0 bridgehead atoms. The van der Waals surface area contributed by atoms with Crippen molar-refractivity contribution in [2.24, 2.45) is 0 Å². The lowest BCUT2D eigenvalue weighted by molar-refractivity contribution is -0.274. The summed E-state index contributed by atoms with van der Waals surface area (Å²) in [4.78, 5) is 8.39. The second-order valence-electron chi connectivity index (χ2n) is 4.59. The van der Waals surface area contributed by atoms with E-state index in [0.717, 1.165) is 11.3 Å². The zero-order valence-electron chi connectivity index (χ0n) is 11.9. The van der Waals surface area contributed by atoms with E-state index < -0.39 is 6.36 Å². The van der Waals surface area contributed by atoms with Crippen molar-refractivity contribution in [2.45, 2.75) is 30.6 Å². The number of hydrogen-bond donors (Lipinski definition) is 1. The fourth-order valence-electron chi connectivity index (χ4n) is 1.78. The monoisotopic (exact) mass is 329 g/mol. The van der Waals surface area contributed by atoms with Gasteiger partial charge in [-0.1, -0.05) is 23.9 Å². The van der Waals surface area contributed by atoms with Crippen LogP contribution in [0.25, 0.3) is 0 Å². The molecule has 0 aliphatic heterocycles. The summed E-state index contributed by atoms with van der Waals surface area (Å²) in [5.41, 5.74) is 7.26. The molecule has 2 aromatic rings. The number of ether oxygens (including phenoxy) is 1. The van der Waals surface area contributed by atoms with Gasteiger partial charge in [0.25, 0.3) is 0 Å². The summed E-state index contributed by atoms with van der Waals surface area (Å²) in [5, 5.41) is 0.488. The highest BCUT2D eigenvalue weighted by atomic mass is 32.2. The van der Waals surface area contributed by atoms with Crippen molar-refractivity contribution in [1.82, 2.24) is 9.97 Å². The third-order valence-electron chi connectivity index (χ3n) is 2.72. The third kappa shape index (κ3) is 4.80. The Kier molecular flexibility index (Phi) is 4.80. The van der Waals surface area contributed by atoms with E-state index in [-0.39, 0.29) is 11.0 Å². The minimum absolute atomic E-state index is 0.0406. The molecule has 0 radical (unpaired) electrons. The Bertz CT molecular complexity index is 627. The number of hydrogen-bond acceptors (Lipinski definition) is 5. The van der Waals surface area contributed by atoms with Gasteiger partial charge in [-0.05, 0) is 31.5 Å². The maximum atomic E-state index is 12.1. The first kappa shape index (κ1) is 16.4. The van der Waals surface area contributed by atoms with E-state index in [2.05, 4.69) is 14.7 Å². The van der Waals surface area contributed by atoms with E-state index in [1.165, 1.54) is 23.9 Å². The predicted octanol–water partition coefficient (Wildman–Crippen LogP) is 4.12. The summed E-state index contributed by atoms with van der Waals surface area (Å²) >= 11 is 1.38. The highest BCUT2D eigenvalue weighted by Gasteiger charge is 2.31. The Balaban J connectivity index is 2.07. The lowest BCUT2D eigenvalue weighted by Gasteiger charge is -2.13. The molecule has 1 heterocycles. The maximum Gasteiger partial charge on any atom is 0.573 e. The van der Waals surface area contributed by atoms with Crippen LogP contribution in [0.3, 0.4) is 0 Å². The number of aromatic nitrogens is 2. The van der Waals surface area contributed by atoms with Crippen LogP contribution in [0, 0.1) is 6.92 Å². The van der Waals surface area contributed by atoms with Crippen LogP contribution in [0.4, 0.5) is 19.0 Å². The number of aryl methyl sites for hydroxylation is 1. The average molecular weight is 329 g/mol. The van der Waals surface area contributed by atoms with Gasteiger partial charge in [-0.2, -0.15) is 0 Å². The minimum atomic E-state index is -4.69. The topological polar surface area (TPSA) is 61.0 Å². The van der Waals surface area contributed by atoms with Crippen molar-refractivity contribution >= 4 is 17.6 Å². The summed E-state index contributed by atoms with van der Waals surface area (Å²) in [6, 6.07) is 7.39. The summed E-state index contributed by atoms with van der Waals surface area (Å²) in [5.74, 6) is 0.139. The largest absolute Gasteiger partial charge is 0.573 e. The first-order chi connectivity index (χ1) is 10.2. The summed E-state index contributed by atoms with van der Waals surface area (Å²) in [6.07, 6.45) is -4.69. The maximum absolute atomic E-state index is 12.1. The number of rotatable bonds is 4. The van der Waals surface area contributed by atoms with Crippen LogP contribution in [-0.2, 0) is 0 Å². The van der Waals surface area contributed by atoms with Gasteiger partial charge < -0.3 is 10.5 Å². The Morgan fingerprint density at radius 1 is 1.18 bits per heavy atom. The molecule has 1 aromatic carbocycles. The van der Waals surface area contributed by atoms with Gasteiger partial charge >= 0.3 is 6.36 Å². The van der Waals surface area contributed by atoms with Crippen LogP contribution in [0.15, 0.2) is 35.5 Å². The molecule has 0 aliphatic rings. The van der Waals surface area contributed by atoms with Crippen molar-refractivity contribution in [1.29, 1.82) is 0 Å². The Morgan fingerprint density at radius 2 is 1.82 bits per heavy atom. The number of halogens is 3. The molecule has 0 unspecified atom stereocenters. The molecule has 0 aliphatic carbocycles. The number of nitrogens with two attached hydrogens (primary N) is 1. The molecule has 2 N–H and O–H groups in total. The standard InChI is InChI=1S/C14H14F3N3OS/c1-8-7-12(18)20-13(19-8)22-9(2)10-3-5-11(6-4-10)21-14(15,16)17/h3-7,9H,1-2H3,(H2,18,19,20)/t9-/m0/s1.